The van der Waals surface area contributed by atoms with Crippen molar-refractivity contribution in [1.29, 1.82) is 0 Å². The molecule has 0 fully saturated rings. The van der Waals surface area contributed by atoms with Gasteiger partial charge in [-0.3, -0.25) is 4.99 Å². The zero-order valence-electron chi connectivity index (χ0n) is 8.00. The molecule has 0 bridgehead atoms. The van der Waals surface area contributed by atoms with Crippen molar-refractivity contribution in [3.63, 3.8) is 0 Å². The molecule has 0 aromatic carbocycles. The highest BCUT2D eigenvalue weighted by Gasteiger charge is 2.33. The van der Waals surface area contributed by atoms with Crippen molar-refractivity contribution in [3.8, 4) is 0 Å². The van der Waals surface area contributed by atoms with Crippen LogP contribution in [0.1, 0.15) is 20.3 Å². The van der Waals surface area contributed by atoms with Gasteiger partial charge in [0.05, 0.1) is 0 Å². The van der Waals surface area contributed by atoms with Crippen molar-refractivity contribution in [1.82, 2.24) is 0 Å². The van der Waals surface area contributed by atoms with E-state index in [4.69, 9.17) is 4.74 Å². The van der Waals surface area contributed by atoms with Gasteiger partial charge in [0.15, 0.2) is 0 Å². The largest absolute Gasteiger partial charge is 0.511 e. The van der Waals surface area contributed by atoms with Crippen LogP contribution in [-0.2, 0) is 9.53 Å². The van der Waals surface area contributed by atoms with Gasteiger partial charge in [0.25, 0.3) is 0 Å². The first kappa shape index (κ1) is 9.77. The number of hydrogen-bond donors (Lipinski definition) is 1. The summed E-state index contributed by atoms with van der Waals surface area (Å²) >= 11 is 0. The van der Waals surface area contributed by atoms with E-state index >= 15 is 0 Å². The number of aliphatic imine (C=N–C) groups is 1. The van der Waals surface area contributed by atoms with Crippen LogP contribution in [0.2, 0.25) is 0 Å². The first-order valence-electron chi connectivity index (χ1n) is 4.04. The summed E-state index contributed by atoms with van der Waals surface area (Å²) in [6.45, 7) is 3.50. The molecule has 0 aliphatic carbocycles. The Bertz CT molecular complexity index is 289. The van der Waals surface area contributed by atoms with E-state index in [9.17, 15) is 9.90 Å². The Kier molecular flexibility index (Phi) is 2.40. The van der Waals surface area contributed by atoms with Gasteiger partial charge in [0, 0.05) is 19.7 Å². The molecule has 1 rings (SSSR count). The van der Waals surface area contributed by atoms with Crippen molar-refractivity contribution < 1.29 is 14.6 Å². The Morgan fingerprint density at radius 1 is 1.62 bits per heavy atom. The van der Waals surface area contributed by atoms with E-state index in [1.54, 1.807) is 13.8 Å². The third-order valence-corrected chi connectivity index (χ3v) is 1.75. The second-order valence-corrected chi connectivity index (χ2v) is 3.57. The molecule has 4 nitrogen and oxygen atoms in total. The van der Waals surface area contributed by atoms with Gasteiger partial charge >= 0.3 is 5.97 Å². The number of hydrogen-bond acceptors (Lipinski definition) is 4. The van der Waals surface area contributed by atoms with Crippen LogP contribution in [0.3, 0.4) is 0 Å². The molecule has 0 radical (unpaired) electrons. The van der Waals surface area contributed by atoms with Gasteiger partial charge in [0.1, 0.15) is 16.9 Å². The summed E-state index contributed by atoms with van der Waals surface area (Å²) in [6.07, 6.45) is 1.65. The number of cyclic esters (lactones) is 1. The maximum Gasteiger partial charge on any atom is 0.343 e. The van der Waals surface area contributed by atoms with Gasteiger partial charge in [-0.2, -0.15) is 0 Å². The summed E-state index contributed by atoms with van der Waals surface area (Å²) in [6, 6.07) is 0. The molecule has 0 amide bonds. The van der Waals surface area contributed by atoms with Crippen LogP contribution < -0.4 is 0 Å². The van der Waals surface area contributed by atoms with E-state index in [0.29, 0.717) is 6.42 Å². The fourth-order valence-corrected chi connectivity index (χ4v) is 1.21. The lowest BCUT2D eigenvalue weighted by Gasteiger charge is -2.29. The third-order valence-electron chi connectivity index (χ3n) is 1.75. The van der Waals surface area contributed by atoms with Crippen molar-refractivity contribution >= 4 is 12.2 Å². The van der Waals surface area contributed by atoms with E-state index in [1.165, 1.54) is 13.3 Å². The minimum absolute atomic E-state index is 0.0480. The molecule has 72 valence electrons. The topological polar surface area (TPSA) is 58.9 Å². The lowest BCUT2D eigenvalue weighted by atomic mass is 9.98. The molecule has 1 aliphatic rings. The Morgan fingerprint density at radius 3 is 2.69 bits per heavy atom. The monoisotopic (exact) mass is 183 g/mol. The highest BCUT2D eigenvalue weighted by Crippen LogP contribution is 2.27. The normalized spacial score (nSPS) is 22.2. The molecule has 0 aromatic heterocycles. The molecule has 1 heterocycles. The molecule has 0 aromatic rings. The average Bonchev–Trinajstić information content (AvgIpc) is 1.94. The molecular formula is C9H13NO3. The van der Waals surface area contributed by atoms with Gasteiger partial charge < -0.3 is 9.84 Å². The molecule has 0 atom stereocenters. The van der Waals surface area contributed by atoms with Gasteiger partial charge in [0.2, 0.25) is 0 Å². The van der Waals surface area contributed by atoms with E-state index < -0.39 is 11.6 Å². The van der Waals surface area contributed by atoms with Crippen LogP contribution in [-0.4, -0.2) is 29.9 Å². The summed E-state index contributed by atoms with van der Waals surface area (Å²) in [4.78, 5) is 14.9. The van der Waals surface area contributed by atoms with Crippen molar-refractivity contribution in [3.05, 3.63) is 11.3 Å². The van der Waals surface area contributed by atoms with Crippen LogP contribution in [0.5, 0.6) is 0 Å². The van der Waals surface area contributed by atoms with Crippen LogP contribution >= 0.6 is 0 Å². The number of nitrogens with zero attached hydrogens (tertiary/aromatic N) is 1. The highest BCUT2D eigenvalue weighted by molar-refractivity contribution is 6.10. The number of rotatable bonds is 1. The van der Waals surface area contributed by atoms with Crippen molar-refractivity contribution in [2.75, 3.05) is 7.05 Å². The number of carbonyl (C=O) groups is 1. The Morgan fingerprint density at radius 2 is 2.23 bits per heavy atom. The van der Waals surface area contributed by atoms with Crippen molar-refractivity contribution in [2.24, 2.45) is 4.99 Å². The van der Waals surface area contributed by atoms with E-state index in [2.05, 4.69) is 4.99 Å². The summed E-state index contributed by atoms with van der Waals surface area (Å²) in [5.41, 5.74) is -0.464. The number of aliphatic hydroxyl groups is 1. The van der Waals surface area contributed by atoms with Crippen LogP contribution in [0.15, 0.2) is 16.3 Å². The van der Waals surface area contributed by atoms with Gasteiger partial charge in [-0.25, -0.2) is 4.79 Å². The molecular weight excluding hydrogens is 170 g/mol. The fourth-order valence-electron chi connectivity index (χ4n) is 1.21. The molecule has 4 heteroatoms. The summed E-state index contributed by atoms with van der Waals surface area (Å²) in [5.74, 6) is -0.466. The van der Waals surface area contributed by atoms with Gasteiger partial charge in [-0.05, 0) is 13.8 Å². The summed E-state index contributed by atoms with van der Waals surface area (Å²) in [5, 5.41) is 9.49. The van der Waals surface area contributed by atoms with E-state index in [1.807, 2.05) is 0 Å². The molecule has 1 aliphatic heterocycles. The molecule has 13 heavy (non-hydrogen) atoms. The summed E-state index contributed by atoms with van der Waals surface area (Å²) in [7, 11) is 1.54. The van der Waals surface area contributed by atoms with Crippen LogP contribution in [0, 0.1) is 0 Å². The zero-order chi connectivity index (χ0) is 10.1. The fraction of sp³-hybridized carbons (Fsp3) is 0.556. The SMILES string of the molecule is CN=CC1=C(O)CC(C)(C)OC1=O. The Balaban J connectivity index is 3.01. The molecule has 0 unspecified atom stereocenters. The zero-order valence-corrected chi connectivity index (χ0v) is 8.00. The lowest BCUT2D eigenvalue weighted by molar-refractivity contribution is -0.153. The molecule has 0 spiro atoms. The number of carbonyl (C=O) groups excluding carboxylic acids is 1. The third kappa shape index (κ3) is 2.08. The Labute approximate surface area is 76.9 Å². The lowest BCUT2D eigenvalue weighted by Crippen LogP contribution is -2.34. The minimum atomic E-state index is -0.619. The second-order valence-electron chi connectivity index (χ2n) is 3.57. The van der Waals surface area contributed by atoms with E-state index in [0.717, 1.165) is 0 Å². The predicted molar refractivity (Wildman–Crippen MR) is 48.9 cm³/mol. The summed E-state index contributed by atoms with van der Waals surface area (Å²) < 4.78 is 5.06. The number of ether oxygens (including phenoxy) is 1. The molecule has 1 N–H and O–H groups in total. The van der Waals surface area contributed by atoms with E-state index in [-0.39, 0.29) is 11.3 Å². The quantitative estimate of drug-likeness (QED) is 0.491. The second kappa shape index (κ2) is 3.20. The standard InChI is InChI=1S/C9H13NO3/c1-9(2)4-7(11)6(5-10-3)8(12)13-9/h5,11H,4H2,1-3H3. The van der Waals surface area contributed by atoms with Crippen molar-refractivity contribution in [2.45, 2.75) is 25.9 Å². The number of esters is 1. The smallest absolute Gasteiger partial charge is 0.343 e. The maximum absolute atomic E-state index is 11.3. The van der Waals surface area contributed by atoms with Crippen LogP contribution in [0.4, 0.5) is 0 Å². The first-order valence-corrected chi connectivity index (χ1v) is 4.04. The average molecular weight is 183 g/mol. The van der Waals surface area contributed by atoms with Gasteiger partial charge in [-0.1, -0.05) is 0 Å². The molecule has 0 saturated heterocycles. The predicted octanol–water partition coefficient (Wildman–Crippen LogP) is 1.22. The molecule has 0 saturated carbocycles. The first-order chi connectivity index (χ1) is 5.96. The minimum Gasteiger partial charge on any atom is -0.511 e. The van der Waals surface area contributed by atoms with Crippen LogP contribution in [0.25, 0.3) is 0 Å². The Hall–Kier alpha value is -1.32. The maximum atomic E-state index is 11.3. The van der Waals surface area contributed by atoms with Gasteiger partial charge in [-0.15, -0.1) is 0 Å². The number of aliphatic hydroxyl groups excluding tert-OH is 1. The highest BCUT2D eigenvalue weighted by atomic mass is 16.6.